The molecule has 7 heteroatoms. The van der Waals surface area contributed by atoms with Crippen molar-refractivity contribution < 1.29 is 9.90 Å². The van der Waals surface area contributed by atoms with Gasteiger partial charge in [-0.1, -0.05) is 18.2 Å². The van der Waals surface area contributed by atoms with Crippen LogP contribution in [0.25, 0.3) is 10.9 Å². The Balaban J connectivity index is 1.95. The monoisotopic (exact) mass is 283 g/mol. The minimum Gasteiger partial charge on any atom is -0.478 e. The molecule has 0 saturated carbocycles. The van der Waals surface area contributed by atoms with E-state index in [4.69, 9.17) is 0 Å². The van der Waals surface area contributed by atoms with Crippen molar-refractivity contribution in [3.63, 3.8) is 0 Å². The summed E-state index contributed by atoms with van der Waals surface area (Å²) in [6.45, 7) is 0.312. The highest BCUT2D eigenvalue weighted by Crippen LogP contribution is 2.20. The van der Waals surface area contributed by atoms with Crippen molar-refractivity contribution in [2.45, 2.75) is 6.54 Å². The number of aromatic carboxylic acids is 1. The maximum atomic E-state index is 11.4. The van der Waals surface area contributed by atoms with Gasteiger partial charge in [0.15, 0.2) is 5.82 Å². The number of pyridine rings is 1. The van der Waals surface area contributed by atoms with Crippen molar-refractivity contribution in [2.24, 2.45) is 7.05 Å². The van der Waals surface area contributed by atoms with Crippen LogP contribution in [0.2, 0.25) is 0 Å². The summed E-state index contributed by atoms with van der Waals surface area (Å²) in [6, 6.07) is 8.99. The highest BCUT2D eigenvalue weighted by Gasteiger charge is 2.13. The summed E-state index contributed by atoms with van der Waals surface area (Å²) in [5.74, 6) is -0.137. The second kappa shape index (κ2) is 5.20. The molecule has 0 radical (unpaired) electrons. The maximum Gasteiger partial charge on any atom is 0.339 e. The van der Waals surface area contributed by atoms with Gasteiger partial charge in [-0.15, -0.1) is 0 Å². The molecule has 3 rings (SSSR count). The van der Waals surface area contributed by atoms with Crippen LogP contribution in [0.1, 0.15) is 16.2 Å². The number of carboxylic acid groups (broad SMARTS) is 1. The highest BCUT2D eigenvalue weighted by molar-refractivity contribution is 5.98. The number of carboxylic acids is 1. The largest absolute Gasteiger partial charge is 0.478 e. The highest BCUT2D eigenvalue weighted by atomic mass is 16.4. The van der Waals surface area contributed by atoms with Gasteiger partial charge in [-0.3, -0.25) is 4.68 Å². The molecule has 0 amide bonds. The van der Waals surface area contributed by atoms with Crippen molar-refractivity contribution in [2.75, 3.05) is 5.32 Å². The van der Waals surface area contributed by atoms with Crippen LogP contribution < -0.4 is 5.32 Å². The van der Waals surface area contributed by atoms with Gasteiger partial charge in [0.05, 0.1) is 12.1 Å². The number of aromatic nitrogens is 4. The average molecular weight is 283 g/mol. The van der Waals surface area contributed by atoms with Crippen LogP contribution in [0.3, 0.4) is 0 Å². The summed E-state index contributed by atoms with van der Waals surface area (Å²) < 4.78 is 1.59. The molecule has 106 valence electrons. The van der Waals surface area contributed by atoms with Crippen LogP contribution >= 0.6 is 0 Å². The summed E-state index contributed by atoms with van der Waals surface area (Å²) >= 11 is 0. The molecule has 2 aromatic heterocycles. The third-order valence-corrected chi connectivity index (χ3v) is 3.02. The standard InChI is InChI=1S/C14H13N5O2/c1-19-8-16-12(18-19)7-15-13-10(14(20)21)6-9-4-2-3-5-11(9)17-13/h2-6,8H,7H2,1H3,(H,15,17)(H,20,21). The number of rotatable bonds is 4. The first kappa shape index (κ1) is 13.0. The molecule has 0 fully saturated rings. The second-order valence-electron chi connectivity index (χ2n) is 4.57. The van der Waals surface area contributed by atoms with E-state index in [9.17, 15) is 9.90 Å². The van der Waals surface area contributed by atoms with Crippen molar-refractivity contribution in [3.05, 3.63) is 48.0 Å². The molecule has 0 saturated heterocycles. The number of aryl methyl sites for hydroxylation is 1. The third kappa shape index (κ3) is 2.66. The molecule has 0 atom stereocenters. The first-order valence-electron chi connectivity index (χ1n) is 6.35. The van der Waals surface area contributed by atoms with Gasteiger partial charge >= 0.3 is 5.97 Å². The number of nitrogens with one attached hydrogen (secondary N) is 1. The third-order valence-electron chi connectivity index (χ3n) is 3.02. The van der Waals surface area contributed by atoms with Crippen molar-refractivity contribution >= 4 is 22.7 Å². The van der Waals surface area contributed by atoms with Crippen LogP contribution in [-0.2, 0) is 13.6 Å². The fourth-order valence-electron chi connectivity index (χ4n) is 2.04. The minimum absolute atomic E-state index is 0.129. The number of carbonyl (C=O) groups is 1. The van der Waals surface area contributed by atoms with Crippen LogP contribution in [-0.4, -0.2) is 30.8 Å². The van der Waals surface area contributed by atoms with E-state index in [1.54, 1.807) is 24.1 Å². The van der Waals surface area contributed by atoms with E-state index in [1.165, 1.54) is 0 Å². The molecule has 0 aliphatic rings. The zero-order valence-corrected chi connectivity index (χ0v) is 11.3. The van der Waals surface area contributed by atoms with E-state index in [0.717, 1.165) is 10.9 Å². The molecule has 0 aliphatic carbocycles. The van der Waals surface area contributed by atoms with Crippen LogP contribution in [0.15, 0.2) is 36.7 Å². The van der Waals surface area contributed by atoms with Crippen LogP contribution in [0.5, 0.6) is 0 Å². The van der Waals surface area contributed by atoms with Gasteiger partial charge in [-0.05, 0) is 12.1 Å². The summed E-state index contributed by atoms with van der Waals surface area (Å²) in [7, 11) is 1.77. The van der Waals surface area contributed by atoms with E-state index in [0.29, 0.717) is 18.2 Å². The minimum atomic E-state index is -1.02. The number of hydrogen-bond donors (Lipinski definition) is 2. The lowest BCUT2D eigenvalue weighted by Crippen LogP contribution is -2.09. The van der Waals surface area contributed by atoms with E-state index in [1.807, 2.05) is 24.3 Å². The summed E-state index contributed by atoms with van der Waals surface area (Å²) in [6.07, 6.45) is 1.59. The first-order chi connectivity index (χ1) is 10.1. The fourth-order valence-corrected chi connectivity index (χ4v) is 2.04. The fraction of sp³-hybridized carbons (Fsp3) is 0.143. The molecule has 0 spiro atoms. The summed E-state index contributed by atoms with van der Waals surface area (Å²) in [4.78, 5) is 19.8. The van der Waals surface area contributed by atoms with Gasteiger partial charge in [0.2, 0.25) is 0 Å². The number of nitrogens with zero attached hydrogens (tertiary/aromatic N) is 4. The van der Waals surface area contributed by atoms with Crippen molar-refractivity contribution in [1.82, 2.24) is 19.7 Å². The Kier molecular flexibility index (Phi) is 3.23. The lowest BCUT2D eigenvalue weighted by molar-refractivity contribution is 0.0697. The molecule has 0 bridgehead atoms. The number of anilines is 1. The molecule has 21 heavy (non-hydrogen) atoms. The Labute approximate surface area is 120 Å². The van der Waals surface area contributed by atoms with Gasteiger partial charge in [-0.25, -0.2) is 14.8 Å². The van der Waals surface area contributed by atoms with Gasteiger partial charge in [0, 0.05) is 12.4 Å². The average Bonchev–Trinajstić information content (AvgIpc) is 2.89. The molecular weight excluding hydrogens is 270 g/mol. The quantitative estimate of drug-likeness (QED) is 0.756. The zero-order valence-electron chi connectivity index (χ0n) is 11.3. The van der Waals surface area contributed by atoms with Crippen LogP contribution in [0, 0.1) is 0 Å². The van der Waals surface area contributed by atoms with Gasteiger partial charge in [-0.2, -0.15) is 5.10 Å². The van der Waals surface area contributed by atoms with E-state index in [2.05, 4.69) is 20.4 Å². The predicted octanol–water partition coefficient (Wildman–Crippen LogP) is 1.67. The van der Waals surface area contributed by atoms with Gasteiger partial charge in [0.1, 0.15) is 17.7 Å². The topological polar surface area (TPSA) is 92.9 Å². The lowest BCUT2D eigenvalue weighted by atomic mass is 10.1. The van der Waals surface area contributed by atoms with Gasteiger partial charge in [0.25, 0.3) is 0 Å². The molecule has 3 aromatic rings. The van der Waals surface area contributed by atoms with Crippen LogP contribution in [0.4, 0.5) is 5.82 Å². The summed E-state index contributed by atoms with van der Waals surface area (Å²) in [5.41, 5.74) is 0.864. The van der Waals surface area contributed by atoms with E-state index >= 15 is 0 Å². The molecule has 7 nitrogen and oxygen atoms in total. The Morgan fingerprint density at radius 2 is 2.19 bits per heavy atom. The summed E-state index contributed by atoms with van der Waals surface area (Å²) in [5, 5.41) is 17.2. The molecular formula is C14H13N5O2. The molecule has 0 unspecified atom stereocenters. The Morgan fingerprint density at radius 3 is 2.90 bits per heavy atom. The number of hydrogen-bond acceptors (Lipinski definition) is 5. The normalized spacial score (nSPS) is 10.7. The van der Waals surface area contributed by atoms with E-state index < -0.39 is 5.97 Å². The Bertz CT molecular complexity index is 812. The second-order valence-corrected chi connectivity index (χ2v) is 4.57. The molecule has 2 N–H and O–H groups in total. The predicted molar refractivity (Wildman–Crippen MR) is 77.0 cm³/mol. The van der Waals surface area contributed by atoms with Crippen molar-refractivity contribution in [1.29, 1.82) is 0 Å². The number of fused-ring (bicyclic) bond motifs is 1. The lowest BCUT2D eigenvalue weighted by Gasteiger charge is -2.08. The van der Waals surface area contributed by atoms with E-state index in [-0.39, 0.29) is 5.56 Å². The molecule has 1 aromatic carbocycles. The smallest absolute Gasteiger partial charge is 0.339 e. The molecule has 2 heterocycles. The number of benzene rings is 1. The zero-order chi connectivity index (χ0) is 14.8. The SMILES string of the molecule is Cn1cnc(CNc2nc3ccccc3cc2C(=O)O)n1. The molecule has 0 aliphatic heterocycles. The number of para-hydroxylation sites is 1. The van der Waals surface area contributed by atoms with Gasteiger partial charge < -0.3 is 10.4 Å². The van der Waals surface area contributed by atoms with Crippen molar-refractivity contribution in [3.8, 4) is 0 Å². The maximum absolute atomic E-state index is 11.4. The Hall–Kier alpha value is -2.96. The Morgan fingerprint density at radius 1 is 1.38 bits per heavy atom. The first-order valence-corrected chi connectivity index (χ1v) is 6.35.